The summed E-state index contributed by atoms with van der Waals surface area (Å²) in [5, 5.41) is 0. The van der Waals surface area contributed by atoms with Gasteiger partial charge < -0.3 is 9.47 Å². The molecule has 1 aliphatic rings. The molecule has 2 atom stereocenters. The Morgan fingerprint density at radius 1 is 1.00 bits per heavy atom. The van der Waals surface area contributed by atoms with Gasteiger partial charge in [0.05, 0.1) is 12.5 Å². The van der Waals surface area contributed by atoms with Crippen LogP contribution in [0.3, 0.4) is 0 Å². The van der Waals surface area contributed by atoms with Gasteiger partial charge in [0.2, 0.25) is 0 Å². The zero-order chi connectivity index (χ0) is 17.3. The Morgan fingerprint density at radius 2 is 1.52 bits per heavy atom. The summed E-state index contributed by atoms with van der Waals surface area (Å²) in [4.78, 5) is 0. The lowest BCUT2D eigenvalue weighted by Crippen LogP contribution is -2.46. The van der Waals surface area contributed by atoms with E-state index in [0.29, 0.717) is 0 Å². The number of ether oxygens (including phenoxy) is 2. The van der Waals surface area contributed by atoms with Crippen LogP contribution in [0.4, 0.5) is 4.39 Å². The molecule has 0 bridgehead atoms. The van der Waals surface area contributed by atoms with Crippen molar-refractivity contribution in [2.45, 2.75) is 12.2 Å². The minimum Gasteiger partial charge on any atom is -0.480 e. The Labute approximate surface area is 133 Å². The molecule has 11 heteroatoms. The number of halogens is 1. The van der Waals surface area contributed by atoms with Gasteiger partial charge in [-0.3, -0.25) is 8.37 Å². The van der Waals surface area contributed by atoms with Gasteiger partial charge in [0.15, 0.2) is 29.5 Å². The number of fused-ring (bicyclic) bond motifs is 1. The largest absolute Gasteiger partial charge is 0.480 e. The molecule has 1 aliphatic heterocycles. The molecule has 1 heterocycles. The minimum absolute atomic E-state index is 0.0581. The van der Waals surface area contributed by atoms with E-state index in [2.05, 4.69) is 8.37 Å². The Balaban J connectivity index is 2.21. The summed E-state index contributed by atoms with van der Waals surface area (Å²) >= 11 is 0. The summed E-state index contributed by atoms with van der Waals surface area (Å²) < 4.78 is 78.2. The zero-order valence-electron chi connectivity index (χ0n) is 12.3. The maximum atomic E-state index is 13.7. The van der Waals surface area contributed by atoms with E-state index >= 15 is 0 Å². The van der Waals surface area contributed by atoms with Crippen LogP contribution in [0.15, 0.2) is 18.2 Å². The molecular formula is C12H15FO8S2. The molecular weight excluding hydrogens is 355 g/mol. The van der Waals surface area contributed by atoms with Crippen LogP contribution in [-0.2, 0) is 28.6 Å². The van der Waals surface area contributed by atoms with Gasteiger partial charge in [0.25, 0.3) is 20.2 Å². The van der Waals surface area contributed by atoms with E-state index in [9.17, 15) is 21.2 Å². The molecule has 0 unspecified atom stereocenters. The van der Waals surface area contributed by atoms with Gasteiger partial charge in [0.1, 0.15) is 13.2 Å². The van der Waals surface area contributed by atoms with Gasteiger partial charge in [-0.2, -0.15) is 16.8 Å². The van der Waals surface area contributed by atoms with Crippen LogP contribution < -0.4 is 9.47 Å². The minimum atomic E-state index is -3.77. The average molecular weight is 370 g/mol. The van der Waals surface area contributed by atoms with Crippen molar-refractivity contribution in [3.63, 3.8) is 0 Å². The smallest absolute Gasteiger partial charge is 0.264 e. The summed E-state index contributed by atoms with van der Waals surface area (Å²) in [6, 6.07) is 3.96. The van der Waals surface area contributed by atoms with E-state index in [4.69, 9.17) is 9.47 Å². The molecule has 0 saturated heterocycles. The predicted octanol–water partition coefficient (Wildman–Crippen LogP) is 0.286. The number of rotatable bonds is 6. The molecule has 0 radical (unpaired) electrons. The lowest BCUT2D eigenvalue weighted by molar-refractivity contribution is -0.0256. The molecule has 0 aliphatic carbocycles. The number of benzene rings is 1. The van der Waals surface area contributed by atoms with Crippen LogP contribution in [0.1, 0.15) is 0 Å². The lowest BCUT2D eigenvalue weighted by Gasteiger charge is -2.33. The first-order valence-electron chi connectivity index (χ1n) is 6.36. The molecule has 130 valence electrons. The molecule has 0 N–H and O–H groups in total. The normalized spacial score (nSPS) is 21.2. The average Bonchev–Trinajstić information content (AvgIpc) is 2.41. The second-order valence-corrected chi connectivity index (χ2v) is 8.14. The topological polar surface area (TPSA) is 105 Å². The standard InChI is InChI=1S/C12H15FO8S2/c1-22(14,15)18-6-10-11(7-19-23(2,16)17)21-12-8(13)4-3-5-9(12)20-10/h3-5,10-11H,6-7H2,1-2H3/t10-,11-/m0/s1. The van der Waals surface area contributed by atoms with Crippen LogP contribution in [0.25, 0.3) is 0 Å². The van der Waals surface area contributed by atoms with Crippen LogP contribution in [0.5, 0.6) is 11.5 Å². The molecule has 0 amide bonds. The van der Waals surface area contributed by atoms with Gasteiger partial charge in [-0.05, 0) is 12.1 Å². The summed E-state index contributed by atoms with van der Waals surface area (Å²) in [5.41, 5.74) is 0. The first-order valence-corrected chi connectivity index (χ1v) is 9.99. The molecule has 23 heavy (non-hydrogen) atoms. The second kappa shape index (κ2) is 6.59. The van der Waals surface area contributed by atoms with E-state index in [1.165, 1.54) is 12.1 Å². The van der Waals surface area contributed by atoms with E-state index in [-0.39, 0.29) is 11.5 Å². The predicted molar refractivity (Wildman–Crippen MR) is 76.8 cm³/mol. The van der Waals surface area contributed by atoms with Crippen LogP contribution in [0, 0.1) is 5.82 Å². The van der Waals surface area contributed by atoms with Crippen molar-refractivity contribution in [3.8, 4) is 11.5 Å². The molecule has 0 aromatic heterocycles. The van der Waals surface area contributed by atoms with Crippen molar-refractivity contribution < 1.29 is 39.1 Å². The van der Waals surface area contributed by atoms with Crippen molar-refractivity contribution in [3.05, 3.63) is 24.0 Å². The Hall–Kier alpha value is -1.43. The Bertz CT molecular complexity index is 774. The molecule has 0 spiro atoms. The highest BCUT2D eigenvalue weighted by Crippen LogP contribution is 2.36. The number of para-hydroxylation sites is 1. The Kier molecular flexibility index (Phi) is 5.14. The quantitative estimate of drug-likeness (QED) is 0.658. The fraction of sp³-hybridized carbons (Fsp3) is 0.500. The van der Waals surface area contributed by atoms with Crippen molar-refractivity contribution in [2.24, 2.45) is 0 Å². The molecule has 0 saturated carbocycles. The molecule has 0 fully saturated rings. The lowest BCUT2D eigenvalue weighted by atomic mass is 10.2. The van der Waals surface area contributed by atoms with Crippen molar-refractivity contribution in [1.29, 1.82) is 0 Å². The first kappa shape index (κ1) is 17.9. The monoisotopic (exact) mass is 370 g/mol. The molecule has 1 aromatic carbocycles. The summed E-state index contributed by atoms with van der Waals surface area (Å²) in [5.74, 6) is -0.845. The number of hydrogen-bond acceptors (Lipinski definition) is 8. The maximum absolute atomic E-state index is 13.7. The van der Waals surface area contributed by atoms with Crippen molar-refractivity contribution >= 4 is 20.2 Å². The van der Waals surface area contributed by atoms with E-state index in [0.717, 1.165) is 18.6 Å². The SMILES string of the molecule is CS(=O)(=O)OC[C@@H]1Oc2cccc(F)c2O[C@H]1COS(C)(=O)=O. The molecule has 8 nitrogen and oxygen atoms in total. The van der Waals surface area contributed by atoms with Gasteiger partial charge >= 0.3 is 0 Å². The van der Waals surface area contributed by atoms with Crippen LogP contribution in [-0.4, -0.2) is 54.8 Å². The fourth-order valence-corrected chi connectivity index (χ4v) is 2.59. The zero-order valence-corrected chi connectivity index (χ0v) is 13.9. The van der Waals surface area contributed by atoms with Crippen LogP contribution >= 0.6 is 0 Å². The summed E-state index contributed by atoms with van der Waals surface area (Å²) in [6.07, 6.45) is -0.379. The summed E-state index contributed by atoms with van der Waals surface area (Å²) in [6.45, 7) is -0.920. The van der Waals surface area contributed by atoms with Gasteiger partial charge in [-0.1, -0.05) is 6.07 Å². The third kappa shape index (κ3) is 5.30. The fourth-order valence-electron chi connectivity index (χ4n) is 1.83. The first-order chi connectivity index (χ1) is 10.6. The van der Waals surface area contributed by atoms with Gasteiger partial charge in [-0.25, -0.2) is 4.39 Å². The Morgan fingerprint density at radius 3 is 2.04 bits per heavy atom. The maximum Gasteiger partial charge on any atom is 0.264 e. The van der Waals surface area contributed by atoms with Gasteiger partial charge in [0, 0.05) is 0 Å². The van der Waals surface area contributed by atoms with Crippen LogP contribution in [0.2, 0.25) is 0 Å². The second-order valence-electron chi connectivity index (χ2n) is 4.86. The third-order valence-corrected chi connectivity index (χ3v) is 3.91. The molecule has 2 rings (SSSR count). The van der Waals surface area contributed by atoms with E-state index in [1.807, 2.05) is 0 Å². The third-order valence-electron chi connectivity index (χ3n) is 2.79. The highest BCUT2D eigenvalue weighted by molar-refractivity contribution is 7.86. The van der Waals surface area contributed by atoms with E-state index in [1.54, 1.807) is 0 Å². The highest BCUT2D eigenvalue weighted by atomic mass is 32.2. The van der Waals surface area contributed by atoms with E-state index < -0.39 is 51.5 Å². The molecule has 1 aromatic rings. The number of hydrogen-bond donors (Lipinski definition) is 0. The highest BCUT2D eigenvalue weighted by Gasteiger charge is 2.35. The van der Waals surface area contributed by atoms with Gasteiger partial charge in [-0.15, -0.1) is 0 Å². The van der Waals surface area contributed by atoms with Crippen molar-refractivity contribution in [2.75, 3.05) is 25.7 Å². The van der Waals surface area contributed by atoms with Crippen molar-refractivity contribution in [1.82, 2.24) is 0 Å². The summed E-state index contributed by atoms with van der Waals surface area (Å²) in [7, 11) is -7.51.